The first-order valence-electron chi connectivity index (χ1n) is 17.1. The Balaban J connectivity index is 0.000000186. The minimum absolute atomic E-state index is 0.0136. The lowest BCUT2D eigenvalue weighted by molar-refractivity contribution is 0.00578. The van der Waals surface area contributed by atoms with E-state index in [0.29, 0.717) is 22.3 Å². The van der Waals surface area contributed by atoms with E-state index in [-0.39, 0.29) is 11.3 Å². The largest absolute Gasteiger partial charge is 0.495 e. The summed E-state index contributed by atoms with van der Waals surface area (Å²) in [5, 5.41) is 1.33. The second-order valence-electron chi connectivity index (χ2n) is 15.1. The fraction of sp³-hybridized carbons (Fsp3) is 0.543. The Hall–Kier alpha value is -2.68. The van der Waals surface area contributed by atoms with Gasteiger partial charge in [-0.3, -0.25) is 0 Å². The summed E-state index contributed by atoms with van der Waals surface area (Å²) in [6.45, 7) is 19.8. The van der Waals surface area contributed by atoms with Crippen LogP contribution >= 0.6 is 0 Å². The molecule has 15 heteroatoms. The smallest absolute Gasteiger partial charge is 0.399 e. The lowest BCUT2D eigenvalue weighted by Gasteiger charge is -2.32. The van der Waals surface area contributed by atoms with Gasteiger partial charge in [-0.25, -0.2) is 29.2 Å². The summed E-state index contributed by atoms with van der Waals surface area (Å²) < 4.78 is 89.9. The van der Waals surface area contributed by atoms with Gasteiger partial charge in [0.2, 0.25) is 20.0 Å². The predicted octanol–water partition coefficient (Wildman–Crippen LogP) is 5.44. The van der Waals surface area contributed by atoms with Gasteiger partial charge < -0.3 is 18.6 Å². The Morgan fingerprint density at radius 1 is 0.700 bits per heavy atom. The van der Waals surface area contributed by atoms with Crippen LogP contribution in [0.4, 0.5) is 4.39 Å². The van der Waals surface area contributed by atoms with Crippen molar-refractivity contribution in [1.29, 1.82) is 0 Å². The van der Waals surface area contributed by atoms with E-state index in [2.05, 4.69) is 0 Å². The molecular formula is C35H49B2FN2O8S2. The topological polar surface area (TPSA) is 115 Å². The van der Waals surface area contributed by atoms with Crippen molar-refractivity contribution in [3.8, 4) is 0 Å². The van der Waals surface area contributed by atoms with Crippen LogP contribution in [0, 0.1) is 11.7 Å². The molecule has 7 rings (SSSR count). The standard InChI is InChI=1S/C18H24BNO4S.C15H19BFNO4S.C2H6/c1-17(2)18(3,4)24-19(23-17)15-6-5-7-16-14(15)10-11-20(16)25(21,22)12-13-8-9-13;1-14(2)15(3,4)22-16(21-14)11-6-7-12(17)13-10(11)8-9-18(13)23(5,19)20;1-2/h5-7,10-11,13H,8-9,12H2,1-4H3;6-9H,1-5H3;1-2H3. The van der Waals surface area contributed by atoms with E-state index in [1.807, 2.05) is 93.5 Å². The van der Waals surface area contributed by atoms with Crippen molar-refractivity contribution in [1.82, 2.24) is 7.94 Å². The molecule has 0 N–H and O–H groups in total. The molecule has 0 amide bonds. The molecule has 0 spiro atoms. The van der Waals surface area contributed by atoms with Crippen molar-refractivity contribution in [2.45, 2.75) is 104 Å². The highest BCUT2D eigenvalue weighted by Crippen LogP contribution is 2.38. The number of fused-ring (bicyclic) bond motifs is 2. The van der Waals surface area contributed by atoms with E-state index < -0.39 is 62.5 Å². The van der Waals surface area contributed by atoms with E-state index in [9.17, 15) is 21.2 Å². The third kappa shape index (κ3) is 7.06. The normalized spacial score (nSPS) is 20.8. The Morgan fingerprint density at radius 3 is 1.64 bits per heavy atom. The molecule has 0 atom stereocenters. The van der Waals surface area contributed by atoms with E-state index in [0.717, 1.165) is 33.9 Å². The van der Waals surface area contributed by atoms with Crippen LogP contribution in [0.1, 0.15) is 82.1 Å². The zero-order valence-electron chi connectivity index (χ0n) is 30.9. The zero-order valence-corrected chi connectivity index (χ0v) is 32.5. The van der Waals surface area contributed by atoms with E-state index >= 15 is 0 Å². The molecule has 2 aromatic heterocycles. The summed E-state index contributed by atoms with van der Waals surface area (Å²) in [5.74, 6) is -0.0678. The minimum Gasteiger partial charge on any atom is -0.399 e. The molecule has 272 valence electrons. The molecule has 3 aliphatic rings. The summed E-state index contributed by atoms with van der Waals surface area (Å²) in [6, 6.07) is 11.9. The molecule has 2 saturated heterocycles. The van der Waals surface area contributed by atoms with Crippen LogP contribution in [0.25, 0.3) is 21.8 Å². The molecule has 50 heavy (non-hydrogen) atoms. The first kappa shape index (κ1) is 38.5. The van der Waals surface area contributed by atoms with Crippen LogP contribution in [-0.4, -0.2) is 73.4 Å². The van der Waals surface area contributed by atoms with Gasteiger partial charge in [0.25, 0.3) is 0 Å². The molecule has 4 heterocycles. The molecular weight excluding hydrogens is 681 g/mol. The van der Waals surface area contributed by atoms with Crippen LogP contribution in [0.2, 0.25) is 0 Å². The van der Waals surface area contributed by atoms with Crippen molar-refractivity contribution in [2.75, 3.05) is 12.0 Å². The van der Waals surface area contributed by atoms with E-state index in [4.69, 9.17) is 18.6 Å². The number of rotatable bonds is 6. The van der Waals surface area contributed by atoms with Crippen molar-refractivity contribution in [3.05, 3.63) is 60.7 Å². The van der Waals surface area contributed by atoms with E-state index in [1.54, 1.807) is 18.3 Å². The summed E-state index contributed by atoms with van der Waals surface area (Å²) in [6.07, 6.45) is 6.05. The number of aromatic nitrogens is 2. The average molecular weight is 731 g/mol. The van der Waals surface area contributed by atoms with Gasteiger partial charge in [-0.05, 0) is 109 Å². The maximum atomic E-state index is 14.2. The van der Waals surface area contributed by atoms with Gasteiger partial charge in [0, 0.05) is 23.2 Å². The Labute approximate surface area is 297 Å². The van der Waals surface area contributed by atoms with Gasteiger partial charge >= 0.3 is 14.2 Å². The fourth-order valence-corrected chi connectivity index (χ4v) is 8.51. The summed E-state index contributed by atoms with van der Waals surface area (Å²) >= 11 is 0. The van der Waals surface area contributed by atoms with Crippen molar-refractivity contribution in [2.24, 2.45) is 5.92 Å². The average Bonchev–Trinajstić information content (AvgIpc) is 3.33. The molecule has 0 radical (unpaired) electrons. The van der Waals surface area contributed by atoms with Gasteiger partial charge in [-0.1, -0.05) is 32.0 Å². The number of nitrogens with zero attached hydrogens (tertiary/aromatic N) is 2. The molecule has 1 saturated carbocycles. The molecule has 1 aliphatic carbocycles. The number of benzene rings is 2. The SMILES string of the molecule is CC.CC1(C)OB(c2ccc(F)c3c2ccn3S(C)(=O)=O)OC1(C)C.CC1(C)OB(c2cccc3c2ccn3S(=O)(=O)CC2CC2)OC1(C)C. The van der Waals surface area contributed by atoms with Crippen LogP contribution in [0.5, 0.6) is 0 Å². The maximum Gasteiger partial charge on any atom is 0.495 e. The van der Waals surface area contributed by atoms with Crippen LogP contribution in [-0.2, 0) is 38.7 Å². The van der Waals surface area contributed by atoms with Gasteiger partial charge in [0.05, 0.1) is 45.4 Å². The minimum atomic E-state index is -3.60. The van der Waals surface area contributed by atoms with Gasteiger partial charge in [-0.2, -0.15) is 0 Å². The second-order valence-corrected chi connectivity index (χ2v) is 18.8. The summed E-state index contributed by atoms with van der Waals surface area (Å²) in [5.41, 5.74) is 0.266. The molecule has 0 bridgehead atoms. The fourth-order valence-electron chi connectivity index (χ4n) is 5.91. The monoisotopic (exact) mass is 730 g/mol. The zero-order chi connectivity index (χ0) is 37.2. The molecule has 0 unspecified atom stereocenters. The first-order chi connectivity index (χ1) is 23.0. The maximum absolute atomic E-state index is 14.2. The van der Waals surface area contributed by atoms with Crippen LogP contribution < -0.4 is 10.9 Å². The number of hydrogen-bond donors (Lipinski definition) is 0. The first-order valence-corrected chi connectivity index (χ1v) is 20.5. The highest BCUT2D eigenvalue weighted by molar-refractivity contribution is 7.90. The molecule has 10 nitrogen and oxygen atoms in total. The molecule has 2 aromatic carbocycles. The van der Waals surface area contributed by atoms with Gasteiger partial charge in [-0.15, -0.1) is 0 Å². The highest BCUT2D eigenvalue weighted by atomic mass is 32.2. The highest BCUT2D eigenvalue weighted by Gasteiger charge is 2.53. The van der Waals surface area contributed by atoms with Crippen LogP contribution in [0.15, 0.2) is 54.9 Å². The molecule has 2 aliphatic heterocycles. The van der Waals surface area contributed by atoms with Crippen LogP contribution in [0.3, 0.4) is 0 Å². The summed E-state index contributed by atoms with van der Waals surface area (Å²) in [4.78, 5) is 0. The Morgan fingerprint density at radius 2 is 1.16 bits per heavy atom. The van der Waals surface area contributed by atoms with Crippen molar-refractivity contribution >= 4 is 67.0 Å². The third-order valence-corrected chi connectivity index (χ3v) is 13.2. The Kier molecular flexibility index (Phi) is 10.1. The molecule has 3 fully saturated rings. The predicted molar refractivity (Wildman–Crippen MR) is 199 cm³/mol. The number of hydrogen-bond acceptors (Lipinski definition) is 8. The Bertz CT molecular complexity index is 2090. The lowest BCUT2D eigenvalue weighted by atomic mass is 9.77. The quantitative estimate of drug-likeness (QED) is 0.241. The number of halogens is 1. The van der Waals surface area contributed by atoms with E-state index in [1.165, 1.54) is 16.2 Å². The molecule has 4 aromatic rings. The lowest BCUT2D eigenvalue weighted by Crippen LogP contribution is -2.41. The third-order valence-electron chi connectivity index (χ3n) is 10.3. The van der Waals surface area contributed by atoms with Gasteiger partial charge in [0.1, 0.15) is 5.82 Å². The van der Waals surface area contributed by atoms with Gasteiger partial charge in [0.15, 0.2) is 0 Å². The van der Waals surface area contributed by atoms with Crippen molar-refractivity contribution < 1.29 is 39.8 Å². The second kappa shape index (κ2) is 13.1. The van der Waals surface area contributed by atoms with Crippen molar-refractivity contribution in [3.63, 3.8) is 0 Å². The summed E-state index contributed by atoms with van der Waals surface area (Å²) in [7, 11) is -8.12.